The molecule has 0 saturated heterocycles. The van der Waals surface area contributed by atoms with Gasteiger partial charge >= 0.3 is 0 Å². The summed E-state index contributed by atoms with van der Waals surface area (Å²) < 4.78 is 15.5. The largest absolute Gasteiger partial charge is 0.467 e. The maximum absolute atomic E-state index is 5.27. The van der Waals surface area contributed by atoms with Crippen LogP contribution >= 0.6 is 0 Å². The zero-order valence-corrected chi connectivity index (χ0v) is 7.57. The number of rotatable bonds is 7. The van der Waals surface area contributed by atoms with Gasteiger partial charge in [0.1, 0.15) is 12.4 Å². The van der Waals surface area contributed by atoms with Crippen molar-refractivity contribution in [3.8, 4) is 0 Å². The van der Waals surface area contributed by atoms with E-state index < -0.39 is 0 Å². The average Bonchev–Trinajstić information content (AvgIpc) is 2.63. The van der Waals surface area contributed by atoms with Gasteiger partial charge in [0, 0.05) is 0 Å². The molecule has 3 nitrogen and oxygen atoms in total. The Bertz CT molecular complexity index is 216. The van der Waals surface area contributed by atoms with Crippen molar-refractivity contribution in [3.05, 3.63) is 36.8 Å². The van der Waals surface area contributed by atoms with E-state index >= 15 is 0 Å². The fourth-order valence-electron chi connectivity index (χ4n) is 0.852. The van der Waals surface area contributed by atoms with Crippen LogP contribution in [0.15, 0.2) is 35.5 Å². The summed E-state index contributed by atoms with van der Waals surface area (Å²) in [6, 6.07) is 3.72. The Morgan fingerprint density at radius 2 is 2.23 bits per heavy atom. The van der Waals surface area contributed by atoms with Crippen molar-refractivity contribution in [1.82, 2.24) is 0 Å². The third kappa shape index (κ3) is 4.50. The molecule has 72 valence electrons. The first-order valence-electron chi connectivity index (χ1n) is 4.22. The van der Waals surface area contributed by atoms with E-state index in [0.717, 1.165) is 5.76 Å². The predicted octanol–water partition coefficient (Wildman–Crippen LogP) is 2.00. The smallest absolute Gasteiger partial charge is 0.129 e. The molecule has 0 N–H and O–H groups in total. The molecule has 0 fully saturated rings. The van der Waals surface area contributed by atoms with Gasteiger partial charge in [-0.3, -0.25) is 0 Å². The normalized spacial score (nSPS) is 10.2. The zero-order valence-electron chi connectivity index (χ0n) is 7.57. The first kappa shape index (κ1) is 10.0. The molecule has 3 heteroatoms. The van der Waals surface area contributed by atoms with Crippen LogP contribution < -0.4 is 0 Å². The molecule has 0 aliphatic heterocycles. The first-order chi connectivity index (χ1) is 6.43. The van der Waals surface area contributed by atoms with Crippen molar-refractivity contribution >= 4 is 0 Å². The Morgan fingerprint density at radius 1 is 1.38 bits per heavy atom. The van der Waals surface area contributed by atoms with E-state index in [9.17, 15) is 0 Å². The summed E-state index contributed by atoms with van der Waals surface area (Å²) in [5.74, 6) is 0.837. The fourth-order valence-corrected chi connectivity index (χ4v) is 0.852. The van der Waals surface area contributed by atoms with E-state index in [-0.39, 0.29) is 0 Å². The molecule has 1 aromatic heterocycles. The van der Waals surface area contributed by atoms with Gasteiger partial charge in [-0.2, -0.15) is 0 Å². The van der Waals surface area contributed by atoms with E-state index in [0.29, 0.717) is 26.4 Å². The molecule has 0 bridgehead atoms. The Labute approximate surface area is 78.0 Å². The van der Waals surface area contributed by atoms with E-state index in [2.05, 4.69) is 6.58 Å². The molecular weight excluding hydrogens is 168 g/mol. The van der Waals surface area contributed by atoms with Crippen molar-refractivity contribution in [3.63, 3.8) is 0 Å². The quantitative estimate of drug-likeness (QED) is 0.477. The molecule has 0 spiro atoms. The molecule has 0 aliphatic rings. The molecule has 13 heavy (non-hydrogen) atoms. The van der Waals surface area contributed by atoms with Gasteiger partial charge < -0.3 is 13.9 Å². The molecule has 1 aromatic rings. The lowest BCUT2D eigenvalue weighted by Gasteiger charge is -2.01. The minimum absolute atomic E-state index is 0.504. The summed E-state index contributed by atoms with van der Waals surface area (Å²) in [7, 11) is 0. The van der Waals surface area contributed by atoms with Crippen LogP contribution in [0.2, 0.25) is 0 Å². The Balaban J connectivity index is 1.93. The van der Waals surface area contributed by atoms with Gasteiger partial charge in [0.15, 0.2) is 0 Å². The lowest BCUT2D eigenvalue weighted by molar-refractivity contribution is 0.0437. The Hall–Kier alpha value is -1.06. The highest BCUT2D eigenvalue weighted by Gasteiger charge is 1.94. The van der Waals surface area contributed by atoms with Crippen LogP contribution in [0.1, 0.15) is 5.76 Å². The van der Waals surface area contributed by atoms with Crippen LogP contribution in [-0.4, -0.2) is 19.8 Å². The maximum Gasteiger partial charge on any atom is 0.129 e. The molecule has 0 radical (unpaired) electrons. The van der Waals surface area contributed by atoms with Gasteiger partial charge in [0.2, 0.25) is 0 Å². The highest BCUT2D eigenvalue weighted by Crippen LogP contribution is 2.00. The Morgan fingerprint density at radius 3 is 2.92 bits per heavy atom. The fraction of sp³-hybridized carbons (Fsp3) is 0.400. The van der Waals surface area contributed by atoms with Crippen LogP contribution in [-0.2, 0) is 16.1 Å². The molecule has 0 aromatic carbocycles. The van der Waals surface area contributed by atoms with Crippen molar-refractivity contribution in [1.29, 1.82) is 0 Å². The second kappa shape index (κ2) is 6.46. The topological polar surface area (TPSA) is 31.6 Å². The lowest BCUT2D eigenvalue weighted by Crippen LogP contribution is -2.03. The molecule has 1 rings (SSSR count). The number of hydrogen-bond acceptors (Lipinski definition) is 3. The molecule has 0 saturated carbocycles. The van der Waals surface area contributed by atoms with Crippen molar-refractivity contribution in [2.24, 2.45) is 0 Å². The molecule has 1 heterocycles. The Kier molecular flexibility index (Phi) is 4.98. The van der Waals surface area contributed by atoms with Gasteiger partial charge in [-0.05, 0) is 12.1 Å². The van der Waals surface area contributed by atoms with Gasteiger partial charge in [-0.15, -0.1) is 6.58 Å². The van der Waals surface area contributed by atoms with Crippen LogP contribution in [0.5, 0.6) is 0 Å². The third-order valence-corrected chi connectivity index (χ3v) is 1.43. The second-order valence-corrected chi connectivity index (χ2v) is 2.50. The summed E-state index contributed by atoms with van der Waals surface area (Å²) in [6.45, 7) is 5.78. The first-order valence-corrected chi connectivity index (χ1v) is 4.22. The van der Waals surface area contributed by atoms with Gasteiger partial charge in [-0.25, -0.2) is 0 Å². The molecule has 0 aliphatic carbocycles. The summed E-state index contributed by atoms with van der Waals surface area (Å²) in [5.41, 5.74) is 0. The second-order valence-electron chi connectivity index (χ2n) is 2.50. The predicted molar refractivity (Wildman–Crippen MR) is 49.4 cm³/mol. The van der Waals surface area contributed by atoms with Gasteiger partial charge in [0.25, 0.3) is 0 Å². The number of ether oxygens (including phenoxy) is 2. The molecule has 0 amide bonds. The van der Waals surface area contributed by atoms with E-state index in [1.54, 1.807) is 12.3 Å². The van der Waals surface area contributed by atoms with Crippen molar-refractivity contribution in [2.75, 3.05) is 19.8 Å². The maximum atomic E-state index is 5.27. The summed E-state index contributed by atoms with van der Waals surface area (Å²) >= 11 is 0. The van der Waals surface area contributed by atoms with Gasteiger partial charge in [0.05, 0.1) is 26.1 Å². The minimum atomic E-state index is 0.504. The summed E-state index contributed by atoms with van der Waals surface area (Å²) in [5, 5.41) is 0. The van der Waals surface area contributed by atoms with Crippen molar-refractivity contribution < 1.29 is 13.9 Å². The van der Waals surface area contributed by atoms with Crippen LogP contribution in [0, 0.1) is 0 Å². The van der Waals surface area contributed by atoms with Crippen LogP contribution in [0.4, 0.5) is 0 Å². The van der Waals surface area contributed by atoms with Gasteiger partial charge in [-0.1, -0.05) is 6.08 Å². The highest BCUT2D eigenvalue weighted by atomic mass is 16.5. The average molecular weight is 182 g/mol. The van der Waals surface area contributed by atoms with Crippen LogP contribution in [0.3, 0.4) is 0 Å². The standard InChI is InChI=1S/C10H14O3/c1-2-5-11-7-8-12-9-10-4-3-6-13-10/h2-4,6H,1,5,7-9H2. The zero-order chi connectivity index (χ0) is 9.36. The molecule has 0 atom stereocenters. The summed E-state index contributed by atoms with van der Waals surface area (Å²) in [6.07, 6.45) is 3.35. The summed E-state index contributed by atoms with van der Waals surface area (Å²) in [4.78, 5) is 0. The third-order valence-electron chi connectivity index (χ3n) is 1.43. The highest BCUT2D eigenvalue weighted by molar-refractivity contribution is 4.95. The van der Waals surface area contributed by atoms with Crippen molar-refractivity contribution in [2.45, 2.75) is 6.61 Å². The van der Waals surface area contributed by atoms with E-state index in [1.165, 1.54) is 0 Å². The monoisotopic (exact) mass is 182 g/mol. The molecular formula is C10H14O3. The van der Waals surface area contributed by atoms with E-state index in [1.807, 2.05) is 12.1 Å². The van der Waals surface area contributed by atoms with Crippen LogP contribution in [0.25, 0.3) is 0 Å². The number of furan rings is 1. The number of hydrogen-bond donors (Lipinski definition) is 0. The van der Waals surface area contributed by atoms with E-state index in [4.69, 9.17) is 13.9 Å². The molecule has 0 unspecified atom stereocenters. The minimum Gasteiger partial charge on any atom is -0.467 e. The lowest BCUT2D eigenvalue weighted by atomic mass is 10.5. The SMILES string of the molecule is C=CCOCCOCc1ccco1.